The van der Waals surface area contributed by atoms with E-state index in [4.69, 9.17) is 0 Å². The summed E-state index contributed by atoms with van der Waals surface area (Å²) in [4.78, 5) is 22.4. The van der Waals surface area contributed by atoms with Gasteiger partial charge in [0.25, 0.3) is 21.6 Å². The topological polar surface area (TPSA) is 131 Å². The molecule has 0 spiro atoms. The van der Waals surface area contributed by atoms with E-state index in [9.17, 15) is 23.3 Å². The summed E-state index contributed by atoms with van der Waals surface area (Å²) in [7, 11) is -3.72. The number of nitro benzene ring substituents is 1. The third kappa shape index (κ3) is 5.26. The van der Waals surface area contributed by atoms with E-state index in [1.807, 2.05) is 0 Å². The maximum absolute atomic E-state index is 12.3. The highest BCUT2D eigenvalue weighted by Gasteiger charge is 2.13. The number of rotatable bonds is 7. The summed E-state index contributed by atoms with van der Waals surface area (Å²) in [5.41, 5.74) is 3.46. The van der Waals surface area contributed by atoms with Crippen molar-refractivity contribution < 1.29 is 18.1 Å². The Morgan fingerprint density at radius 1 is 0.933 bits per heavy atom. The van der Waals surface area contributed by atoms with Crippen LogP contribution in [-0.2, 0) is 10.0 Å². The molecule has 0 aliphatic carbocycles. The second-order valence-electron chi connectivity index (χ2n) is 6.04. The molecular formula is C20H16N4O5S. The van der Waals surface area contributed by atoms with Crippen LogP contribution < -0.4 is 10.1 Å². The number of hydrazone groups is 1. The number of hydrogen-bond donors (Lipinski definition) is 2. The molecule has 0 bridgehead atoms. The van der Waals surface area contributed by atoms with Gasteiger partial charge in [0, 0.05) is 23.4 Å². The first-order valence-corrected chi connectivity index (χ1v) is 10.1. The molecule has 0 heterocycles. The zero-order valence-electron chi connectivity index (χ0n) is 15.4. The fourth-order valence-corrected chi connectivity index (χ4v) is 3.50. The average Bonchev–Trinajstić information content (AvgIpc) is 2.75. The van der Waals surface area contributed by atoms with Gasteiger partial charge in [-0.05, 0) is 54.1 Å². The molecule has 0 saturated heterocycles. The molecule has 3 rings (SSSR count). The fourth-order valence-electron chi connectivity index (χ4n) is 2.42. The molecule has 0 aliphatic rings. The lowest BCUT2D eigenvalue weighted by molar-refractivity contribution is -0.384. The number of carbonyl (C=O) groups excluding carboxylic acids is 1. The summed E-state index contributed by atoms with van der Waals surface area (Å²) in [5, 5.41) is 14.4. The number of benzene rings is 3. The lowest BCUT2D eigenvalue weighted by atomic mass is 10.2. The van der Waals surface area contributed by atoms with Crippen LogP contribution in [0.3, 0.4) is 0 Å². The number of nitro groups is 1. The highest BCUT2D eigenvalue weighted by Crippen LogP contribution is 2.16. The Hall–Kier alpha value is -4.05. The van der Waals surface area contributed by atoms with E-state index in [0.29, 0.717) is 11.3 Å². The largest absolute Gasteiger partial charge is 0.280 e. The lowest BCUT2D eigenvalue weighted by Crippen LogP contribution is -2.18. The van der Waals surface area contributed by atoms with Gasteiger partial charge < -0.3 is 0 Å². The van der Waals surface area contributed by atoms with E-state index < -0.39 is 20.9 Å². The summed E-state index contributed by atoms with van der Waals surface area (Å²) in [6.07, 6.45) is 1.35. The lowest BCUT2D eigenvalue weighted by Gasteiger charge is -2.08. The molecule has 0 aliphatic heterocycles. The molecule has 0 atom stereocenters. The maximum atomic E-state index is 12.3. The summed E-state index contributed by atoms with van der Waals surface area (Å²) in [6, 6.07) is 19.4. The van der Waals surface area contributed by atoms with Crippen molar-refractivity contribution in [1.82, 2.24) is 5.43 Å². The first-order chi connectivity index (χ1) is 14.3. The first-order valence-electron chi connectivity index (χ1n) is 8.61. The van der Waals surface area contributed by atoms with Crippen LogP contribution in [0.15, 0.2) is 88.9 Å². The molecule has 0 radical (unpaired) electrons. The average molecular weight is 424 g/mol. The zero-order valence-corrected chi connectivity index (χ0v) is 16.2. The van der Waals surface area contributed by atoms with Crippen molar-refractivity contribution in [2.75, 3.05) is 4.72 Å². The number of hydrogen-bond acceptors (Lipinski definition) is 6. The summed E-state index contributed by atoms with van der Waals surface area (Å²) >= 11 is 0. The molecule has 0 fully saturated rings. The Kier molecular flexibility index (Phi) is 6.18. The van der Waals surface area contributed by atoms with E-state index >= 15 is 0 Å². The van der Waals surface area contributed by atoms with E-state index in [-0.39, 0.29) is 16.1 Å². The van der Waals surface area contributed by atoms with Crippen LogP contribution in [0.4, 0.5) is 11.4 Å². The number of nitrogens with zero attached hydrogens (tertiary/aromatic N) is 2. The first kappa shape index (κ1) is 20.7. The van der Waals surface area contributed by atoms with Crippen LogP contribution >= 0.6 is 0 Å². The van der Waals surface area contributed by atoms with Gasteiger partial charge in [0.2, 0.25) is 0 Å². The molecule has 0 aromatic heterocycles. The van der Waals surface area contributed by atoms with Crippen molar-refractivity contribution in [3.63, 3.8) is 0 Å². The minimum Gasteiger partial charge on any atom is -0.280 e. The molecule has 0 unspecified atom stereocenters. The second-order valence-corrected chi connectivity index (χ2v) is 7.73. The van der Waals surface area contributed by atoms with Gasteiger partial charge in [-0.1, -0.05) is 18.2 Å². The molecule has 30 heavy (non-hydrogen) atoms. The molecule has 10 heteroatoms. The van der Waals surface area contributed by atoms with E-state index in [1.165, 1.54) is 66.9 Å². The standard InChI is InChI=1S/C20H16N4O5S/c25-20(22-21-14-15-6-12-18(13-7-15)24(26)27)16-8-10-17(11-9-16)23-30(28,29)19-4-2-1-3-5-19/h1-14,23H,(H,22,25)/b21-14-. The Bertz CT molecular complexity index is 1180. The van der Waals surface area contributed by atoms with Crippen molar-refractivity contribution >= 4 is 33.5 Å². The van der Waals surface area contributed by atoms with Crippen LogP contribution in [0, 0.1) is 10.1 Å². The number of anilines is 1. The monoisotopic (exact) mass is 424 g/mol. The van der Waals surface area contributed by atoms with Gasteiger partial charge in [-0.15, -0.1) is 0 Å². The number of sulfonamides is 1. The number of carbonyl (C=O) groups is 1. The van der Waals surface area contributed by atoms with Gasteiger partial charge in [-0.2, -0.15) is 5.10 Å². The predicted molar refractivity (Wildman–Crippen MR) is 112 cm³/mol. The quantitative estimate of drug-likeness (QED) is 0.342. The molecular weight excluding hydrogens is 408 g/mol. The molecule has 3 aromatic rings. The molecule has 2 N–H and O–H groups in total. The third-order valence-electron chi connectivity index (χ3n) is 3.94. The van der Waals surface area contributed by atoms with Crippen molar-refractivity contribution in [3.8, 4) is 0 Å². The number of nitrogens with one attached hydrogen (secondary N) is 2. The fraction of sp³-hybridized carbons (Fsp3) is 0. The van der Waals surface area contributed by atoms with Gasteiger partial charge in [0.15, 0.2) is 0 Å². The van der Waals surface area contributed by atoms with Crippen LogP contribution in [0.1, 0.15) is 15.9 Å². The van der Waals surface area contributed by atoms with Crippen molar-refractivity contribution in [2.45, 2.75) is 4.90 Å². The molecule has 3 aromatic carbocycles. The smallest absolute Gasteiger partial charge is 0.271 e. The Morgan fingerprint density at radius 3 is 2.17 bits per heavy atom. The van der Waals surface area contributed by atoms with E-state index in [0.717, 1.165) is 0 Å². The molecule has 1 amide bonds. The Labute approximate surface area is 172 Å². The van der Waals surface area contributed by atoms with Crippen LogP contribution in [0.25, 0.3) is 0 Å². The normalized spacial score (nSPS) is 11.2. The Balaban J connectivity index is 1.60. The highest BCUT2D eigenvalue weighted by atomic mass is 32.2. The van der Waals surface area contributed by atoms with E-state index in [2.05, 4.69) is 15.2 Å². The van der Waals surface area contributed by atoms with Gasteiger partial charge in [-0.25, -0.2) is 13.8 Å². The second kappa shape index (κ2) is 8.97. The zero-order chi connectivity index (χ0) is 21.6. The SMILES string of the molecule is O=C(N/N=C\c1ccc([N+](=O)[O-])cc1)c1ccc(NS(=O)(=O)c2ccccc2)cc1. The van der Waals surface area contributed by atoms with Crippen LogP contribution in [0.2, 0.25) is 0 Å². The predicted octanol–water partition coefficient (Wildman–Crippen LogP) is 3.16. The summed E-state index contributed by atoms with van der Waals surface area (Å²) in [5.74, 6) is -0.495. The number of amides is 1. The summed E-state index contributed by atoms with van der Waals surface area (Å²) < 4.78 is 27.1. The van der Waals surface area contributed by atoms with Crippen molar-refractivity contribution in [3.05, 3.63) is 100 Å². The van der Waals surface area contributed by atoms with Gasteiger partial charge in [0.05, 0.1) is 16.0 Å². The van der Waals surface area contributed by atoms with Gasteiger partial charge in [-0.3, -0.25) is 19.6 Å². The minimum atomic E-state index is -3.72. The van der Waals surface area contributed by atoms with Crippen molar-refractivity contribution in [1.29, 1.82) is 0 Å². The van der Waals surface area contributed by atoms with Crippen molar-refractivity contribution in [2.24, 2.45) is 5.10 Å². The minimum absolute atomic E-state index is 0.0424. The van der Waals surface area contributed by atoms with E-state index in [1.54, 1.807) is 18.2 Å². The number of non-ortho nitro benzene ring substituents is 1. The summed E-state index contributed by atoms with van der Waals surface area (Å²) in [6.45, 7) is 0. The third-order valence-corrected chi connectivity index (χ3v) is 5.33. The molecule has 9 nitrogen and oxygen atoms in total. The molecule has 0 saturated carbocycles. The highest BCUT2D eigenvalue weighted by molar-refractivity contribution is 7.92. The van der Waals surface area contributed by atoms with Gasteiger partial charge in [0.1, 0.15) is 0 Å². The maximum Gasteiger partial charge on any atom is 0.271 e. The molecule has 152 valence electrons. The van der Waals surface area contributed by atoms with Crippen LogP contribution in [0.5, 0.6) is 0 Å². The Morgan fingerprint density at radius 2 is 1.57 bits per heavy atom. The van der Waals surface area contributed by atoms with Gasteiger partial charge >= 0.3 is 0 Å². The van der Waals surface area contributed by atoms with Crippen LogP contribution in [-0.4, -0.2) is 25.5 Å².